The highest BCUT2D eigenvalue weighted by Gasteiger charge is 2.60. The van der Waals surface area contributed by atoms with Crippen molar-refractivity contribution in [3.05, 3.63) is 35.8 Å². The standard InChI is InChI=1S/C12H8F7NO/c13-6-3-1-2-5-4-7(21-9(5)6)8(20)10(11(14,15)16)12(17,18)19/h1-4,8,10H,20H2. The van der Waals surface area contributed by atoms with Crippen molar-refractivity contribution >= 4 is 11.0 Å². The quantitative estimate of drug-likeness (QED) is 0.839. The largest absolute Gasteiger partial charge is 0.456 e. The molecule has 0 saturated carbocycles. The average molecular weight is 315 g/mol. The second-order valence-electron chi connectivity index (χ2n) is 4.39. The van der Waals surface area contributed by atoms with Crippen molar-refractivity contribution < 1.29 is 35.2 Å². The van der Waals surface area contributed by atoms with Gasteiger partial charge in [0.2, 0.25) is 0 Å². The van der Waals surface area contributed by atoms with Crippen molar-refractivity contribution in [1.29, 1.82) is 0 Å². The topological polar surface area (TPSA) is 39.2 Å². The minimum Gasteiger partial charge on any atom is -0.456 e. The molecule has 2 nitrogen and oxygen atoms in total. The summed E-state index contributed by atoms with van der Waals surface area (Å²) in [6, 6.07) is 1.85. The predicted octanol–water partition coefficient (Wildman–Crippen LogP) is 4.31. The van der Waals surface area contributed by atoms with Gasteiger partial charge in [0.25, 0.3) is 0 Å². The maximum atomic E-state index is 13.4. The Balaban J connectivity index is 2.49. The summed E-state index contributed by atoms with van der Waals surface area (Å²) in [5.41, 5.74) is 4.63. The summed E-state index contributed by atoms with van der Waals surface area (Å²) in [6.07, 6.45) is -11.2. The van der Waals surface area contributed by atoms with Crippen molar-refractivity contribution in [2.45, 2.75) is 18.4 Å². The van der Waals surface area contributed by atoms with Crippen molar-refractivity contribution in [3.8, 4) is 0 Å². The molecule has 1 unspecified atom stereocenters. The maximum absolute atomic E-state index is 13.4. The summed E-state index contributed by atoms with van der Waals surface area (Å²) in [5, 5.41) is 0.0311. The number of para-hydroxylation sites is 1. The van der Waals surface area contributed by atoms with Crippen LogP contribution in [-0.2, 0) is 0 Å². The van der Waals surface area contributed by atoms with Crippen molar-refractivity contribution in [2.75, 3.05) is 0 Å². The van der Waals surface area contributed by atoms with Gasteiger partial charge >= 0.3 is 12.4 Å². The molecule has 0 spiro atoms. The minimum absolute atomic E-state index is 0.0311. The fraction of sp³-hybridized carbons (Fsp3) is 0.333. The highest BCUT2D eigenvalue weighted by atomic mass is 19.4. The summed E-state index contributed by atoms with van der Waals surface area (Å²) >= 11 is 0. The zero-order valence-electron chi connectivity index (χ0n) is 10.1. The zero-order chi connectivity index (χ0) is 16.0. The van der Waals surface area contributed by atoms with Crippen molar-refractivity contribution in [2.24, 2.45) is 11.7 Å². The van der Waals surface area contributed by atoms with Gasteiger partial charge in [0, 0.05) is 5.39 Å². The van der Waals surface area contributed by atoms with Crippen LogP contribution in [0.1, 0.15) is 11.8 Å². The molecule has 1 atom stereocenters. The molecule has 1 aromatic carbocycles. The molecular formula is C12H8F7NO. The molecule has 0 fully saturated rings. The second kappa shape index (κ2) is 4.90. The molecule has 0 aliphatic heterocycles. The fourth-order valence-corrected chi connectivity index (χ4v) is 1.97. The van der Waals surface area contributed by atoms with Crippen LogP contribution in [0.15, 0.2) is 28.7 Å². The molecule has 1 heterocycles. The molecule has 2 rings (SSSR count). The molecule has 0 aliphatic rings. The van der Waals surface area contributed by atoms with Gasteiger partial charge in [0.05, 0.1) is 6.04 Å². The van der Waals surface area contributed by atoms with E-state index in [0.717, 1.165) is 12.1 Å². The third-order valence-corrected chi connectivity index (χ3v) is 2.91. The number of alkyl halides is 6. The van der Waals surface area contributed by atoms with Gasteiger partial charge in [0.15, 0.2) is 17.3 Å². The lowest BCUT2D eigenvalue weighted by atomic mass is 9.97. The third kappa shape index (κ3) is 2.97. The van der Waals surface area contributed by atoms with Crippen LogP contribution in [0.4, 0.5) is 30.7 Å². The van der Waals surface area contributed by atoms with Crippen molar-refractivity contribution in [3.63, 3.8) is 0 Å². The first-order chi connectivity index (χ1) is 9.51. The average Bonchev–Trinajstić information content (AvgIpc) is 2.70. The molecular weight excluding hydrogens is 307 g/mol. The third-order valence-electron chi connectivity index (χ3n) is 2.91. The van der Waals surface area contributed by atoms with Gasteiger partial charge in [-0.3, -0.25) is 0 Å². The van der Waals surface area contributed by atoms with Crippen LogP contribution >= 0.6 is 0 Å². The van der Waals surface area contributed by atoms with Gasteiger partial charge < -0.3 is 10.2 Å². The number of fused-ring (bicyclic) bond motifs is 1. The van der Waals surface area contributed by atoms with Crippen LogP contribution in [0.2, 0.25) is 0 Å². The first-order valence-electron chi connectivity index (χ1n) is 5.59. The SMILES string of the molecule is NC(c1cc2cccc(F)c2o1)C(C(F)(F)F)C(F)(F)F. The van der Waals surface area contributed by atoms with E-state index in [1.165, 1.54) is 12.1 Å². The second-order valence-corrected chi connectivity index (χ2v) is 4.39. The summed E-state index contributed by atoms with van der Waals surface area (Å²) in [6.45, 7) is 0. The lowest BCUT2D eigenvalue weighted by Crippen LogP contribution is -2.43. The Morgan fingerprint density at radius 3 is 2.05 bits per heavy atom. The van der Waals surface area contributed by atoms with Gasteiger partial charge in [-0.05, 0) is 12.1 Å². The summed E-state index contributed by atoms with van der Waals surface area (Å²) in [7, 11) is 0. The molecule has 0 aliphatic carbocycles. The van der Waals surface area contributed by atoms with Crippen molar-refractivity contribution in [1.82, 2.24) is 0 Å². The monoisotopic (exact) mass is 315 g/mol. The molecule has 1 aromatic heterocycles. The van der Waals surface area contributed by atoms with Crippen LogP contribution in [0, 0.1) is 11.7 Å². The highest BCUT2D eigenvalue weighted by molar-refractivity contribution is 5.78. The number of hydrogen-bond donors (Lipinski definition) is 1. The molecule has 0 bridgehead atoms. The van der Waals surface area contributed by atoms with Gasteiger partial charge in [0.1, 0.15) is 5.76 Å². The molecule has 0 amide bonds. The Morgan fingerprint density at radius 2 is 1.57 bits per heavy atom. The van der Waals surface area contributed by atoms with Crippen LogP contribution in [-0.4, -0.2) is 12.4 Å². The van der Waals surface area contributed by atoms with E-state index >= 15 is 0 Å². The number of furan rings is 1. The van der Waals surface area contributed by atoms with Crippen LogP contribution < -0.4 is 5.73 Å². The van der Waals surface area contributed by atoms with E-state index < -0.39 is 41.5 Å². The summed E-state index contributed by atoms with van der Waals surface area (Å²) in [5.74, 6) is -5.48. The van der Waals surface area contributed by atoms with Crippen LogP contribution in [0.3, 0.4) is 0 Å². The fourth-order valence-electron chi connectivity index (χ4n) is 1.97. The van der Waals surface area contributed by atoms with Gasteiger partial charge in [-0.1, -0.05) is 12.1 Å². The number of rotatable bonds is 2. The Hall–Kier alpha value is -1.77. The molecule has 0 saturated heterocycles. The molecule has 0 radical (unpaired) electrons. The van der Waals surface area contributed by atoms with E-state index in [1.807, 2.05) is 0 Å². The maximum Gasteiger partial charge on any atom is 0.402 e. The van der Waals surface area contributed by atoms with E-state index in [1.54, 1.807) is 0 Å². The number of hydrogen-bond acceptors (Lipinski definition) is 2. The first-order valence-corrected chi connectivity index (χ1v) is 5.59. The van der Waals surface area contributed by atoms with E-state index in [9.17, 15) is 30.7 Å². The number of halogens is 7. The van der Waals surface area contributed by atoms with Gasteiger partial charge in [-0.15, -0.1) is 0 Å². The minimum atomic E-state index is -5.60. The molecule has 21 heavy (non-hydrogen) atoms. The Kier molecular flexibility index (Phi) is 3.64. The highest BCUT2D eigenvalue weighted by Crippen LogP contribution is 2.46. The van der Waals surface area contributed by atoms with Crippen LogP contribution in [0.5, 0.6) is 0 Å². The lowest BCUT2D eigenvalue weighted by Gasteiger charge is -2.26. The van der Waals surface area contributed by atoms with E-state index in [4.69, 9.17) is 10.2 Å². The molecule has 2 N–H and O–H groups in total. The normalized spacial score (nSPS) is 14.9. The van der Waals surface area contributed by atoms with Gasteiger partial charge in [-0.2, -0.15) is 26.3 Å². The summed E-state index contributed by atoms with van der Waals surface area (Å²) in [4.78, 5) is 0. The molecule has 2 aromatic rings. The Morgan fingerprint density at radius 1 is 1.00 bits per heavy atom. The smallest absolute Gasteiger partial charge is 0.402 e. The lowest BCUT2D eigenvalue weighted by molar-refractivity contribution is -0.291. The first kappa shape index (κ1) is 15.6. The Bertz CT molecular complexity index is 629. The van der Waals surface area contributed by atoms with E-state index in [2.05, 4.69) is 0 Å². The predicted molar refractivity (Wildman–Crippen MR) is 58.7 cm³/mol. The number of nitrogens with two attached hydrogens (primary N) is 1. The van der Waals surface area contributed by atoms with E-state index in [-0.39, 0.29) is 5.39 Å². The van der Waals surface area contributed by atoms with E-state index in [0.29, 0.717) is 0 Å². The Labute approximate surface area is 113 Å². The number of benzene rings is 1. The molecule has 9 heteroatoms. The zero-order valence-corrected chi connectivity index (χ0v) is 10.1. The van der Waals surface area contributed by atoms with Gasteiger partial charge in [-0.25, -0.2) is 4.39 Å². The molecule has 116 valence electrons. The summed E-state index contributed by atoms with van der Waals surface area (Å²) < 4.78 is 93.5. The van der Waals surface area contributed by atoms with Crippen LogP contribution in [0.25, 0.3) is 11.0 Å².